The molecule has 0 saturated heterocycles. The van der Waals surface area contributed by atoms with Gasteiger partial charge in [0.05, 0.1) is 12.0 Å². The fourth-order valence-corrected chi connectivity index (χ4v) is 1.06. The van der Waals surface area contributed by atoms with Crippen LogP contribution in [0.25, 0.3) is 0 Å². The van der Waals surface area contributed by atoms with Crippen molar-refractivity contribution >= 4 is 5.96 Å². The lowest BCUT2D eigenvalue weighted by Gasteiger charge is -2.11. The van der Waals surface area contributed by atoms with Gasteiger partial charge in [0.1, 0.15) is 0 Å². The summed E-state index contributed by atoms with van der Waals surface area (Å²) in [5, 5.41) is 25.1. The van der Waals surface area contributed by atoms with Gasteiger partial charge in [0.2, 0.25) is 0 Å². The molecule has 1 unspecified atom stereocenters. The summed E-state index contributed by atoms with van der Waals surface area (Å²) in [5.74, 6) is -0.524. The highest BCUT2D eigenvalue weighted by molar-refractivity contribution is 5.72. The maximum absolute atomic E-state index is 10.4. The molecule has 1 aliphatic rings. The molecule has 13 heavy (non-hydrogen) atoms. The molecule has 0 aromatic heterocycles. The Morgan fingerprint density at radius 2 is 1.92 bits per heavy atom. The molecule has 1 atom stereocenters. The molecule has 1 heterocycles. The summed E-state index contributed by atoms with van der Waals surface area (Å²) in [6.45, 7) is 0. The van der Waals surface area contributed by atoms with Crippen molar-refractivity contribution in [1.82, 2.24) is 9.91 Å². The molecule has 0 fully saturated rings. The number of guanidine groups is 1. The quantitative estimate of drug-likeness (QED) is 0.385. The summed E-state index contributed by atoms with van der Waals surface area (Å²) in [6.07, 6.45) is -1.29. The number of nitrogens with zero attached hydrogens (tertiary/aromatic N) is 5. The van der Waals surface area contributed by atoms with Crippen LogP contribution in [0.3, 0.4) is 0 Å². The van der Waals surface area contributed by atoms with Crippen molar-refractivity contribution < 1.29 is 9.85 Å². The average Bonchev–Trinajstić information content (AvgIpc) is 2.26. The van der Waals surface area contributed by atoms with E-state index in [0.29, 0.717) is 0 Å². The third kappa shape index (κ3) is 1.35. The van der Waals surface area contributed by atoms with Crippen LogP contribution in [0.1, 0.15) is 0 Å². The number of hydrogen-bond acceptors (Lipinski definition) is 7. The zero-order valence-corrected chi connectivity index (χ0v) is 6.95. The van der Waals surface area contributed by atoms with Crippen LogP contribution in [0.15, 0.2) is 5.10 Å². The predicted octanol–water partition coefficient (Wildman–Crippen LogP) is -1.03. The van der Waals surface area contributed by atoms with E-state index in [1.165, 1.54) is 14.1 Å². The molecule has 0 radical (unpaired) electrons. The summed E-state index contributed by atoms with van der Waals surface area (Å²) in [6, 6.07) is 0. The largest absolute Gasteiger partial charge is 0.457 e. The van der Waals surface area contributed by atoms with Crippen LogP contribution in [0.5, 0.6) is 0 Å². The second-order valence-electron chi connectivity index (χ2n) is 2.47. The van der Waals surface area contributed by atoms with Crippen molar-refractivity contribution in [3.05, 3.63) is 20.2 Å². The maximum Gasteiger partial charge on any atom is 0.457 e. The number of hydrazone groups is 1. The fraction of sp³-hybridized carbons (Fsp3) is 0.750. The summed E-state index contributed by atoms with van der Waals surface area (Å²) >= 11 is 0. The highest BCUT2D eigenvalue weighted by Gasteiger charge is 2.47. The summed E-state index contributed by atoms with van der Waals surface area (Å²) in [5.41, 5.74) is 0. The maximum atomic E-state index is 10.4. The Kier molecular flexibility index (Phi) is 2.00. The molecule has 9 heteroatoms. The third-order valence-corrected chi connectivity index (χ3v) is 1.60. The van der Waals surface area contributed by atoms with Crippen LogP contribution in [0.4, 0.5) is 0 Å². The first-order valence-corrected chi connectivity index (χ1v) is 3.27. The van der Waals surface area contributed by atoms with Crippen molar-refractivity contribution in [2.75, 3.05) is 14.1 Å². The summed E-state index contributed by atoms with van der Waals surface area (Å²) in [4.78, 5) is 20.2. The first-order chi connectivity index (χ1) is 5.95. The van der Waals surface area contributed by atoms with Crippen LogP contribution in [0.2, 0.25) is 0 Å². The zero-order valence-electron chi connectivity index (χ0n) is 6.95. The minimum atomic E-state index is -1.29. The summed E-state index contributed by atoms with van der Waals surface area (Å²) < 4.78 is 0. The third-order valence-electron chi connectivity index (χ3n) is 1.60. The van der Waals surface area contributed by atoms with Gasteiger partial charge in [-0.25, -0.2) is 0 Å². The molecule has 0 N–H and O–H groups in total. The van der Waals surface area contributed by atoms with Crippen LogP contribution in [-0.4, -0.2) is 46.1 Å². The van der Waals surface area contributed by atoms with Crippen molar-refractivity contribution in [1.29, 1.82) is 0 Å². The van der Waals surface area contributed by atoms with Crippen molar-refractivity contribution in [3.63, 3.8) is 0 Å². The minimum Gasteiger partial charge on any atom is -0.390 e. The molecule has 0 aromatic rings. The Balaban J connectivity index is 2.92. The normalized spacial score (nSPS) is 21.7. The molecular formula is C4H7N5O4. The molecule has 9 nitrogen and oxygen atoms in total. The smallest absolute Gasteiger partial charge is 0.390 e. The molecule has 0 amide bonds. The molecule has 0 spiro atoms. The molecule has 0 saturated carbocycles. The Labute approximate surface area is 72.5 Å². The number of nitro groups is 2. The first-order valence-electron chi connectivity index (χ1n) is 3.27. The van der Waals surface area contributed by atoms with E-state index in [9.17, 15) is 20.2 Å². The van der Waals surface area contributed by atoms with Gasteiger partial charge in [-0.2, -0.15) is 4.90 Å². The fourth-order valence-electron chi connectivity index (χ4n) is 1.06. The van der Waals surface area contributed by atoms with Crippen LogP contribution in [0, 0.1) is 20.2 Å². The molecule has 0 aliphatic carbocycles. The molecular weight excluding hydrogens is 182 g/mol. The monoisotopic (exact) mass is 189 g/mol. The van der Waals surface area contributed by atoms with E-state index < -0.39 is 22.1 Å². The zero-order chi connectivity index (χ0) is 10.2. The lowest BCUT2D eigenvalue weighted by molar-refractivity contribution is -0.570. The second-order valence-corrected chi connectivity index (χ2v) is 2.47. The van der Waals surface area contributed by atoms with E-state index in [1.807, 2.05) is 0 Å². The van der Waals surface area contributed by atoms with Crippen LogP contribution in [-0.2, 0) is 0 Å². The Hall–Kier alpha value is -1.93. The molecule has 1 rings (SSSR count). The Morgan fingerprint density at radius 1 is 1.38 bits per heavy atom. The van der Waals surface area contributed by atoms with Crippen LogP contribution >= 0.6 is 0 Å². The van der Waals surface area contributed by atoms with Gasteiger partial charge in [-0.1, -0.05) is 0 Å². The van der Waals surface area contributed by atoms with E-state index in [2.05, 4.69) is 5.10 Å². The van der Waals surface area contributed by atoms with Gasteiger partial charge in [-0.15, -0.1) is 5.01 Å². The van der Waals surface area contributed by atoms with Gasteiger partial charge >= 0.3 is 12.2 Å². The second kappa shape index (κ2) is 2.84. The van der Waals surface area contributed by atoms with Crippen molar-refractivity contribution in [3.8, 4) is 0 Å². The summed E-state index contributed by atoms with van der Waals surface area (Å²) in [7, 11) is 2.55. The van der Waals surface area contributed by atoms with Crippen molar-refractivity contribution in [2.24, 2.45) is 5.10 Å². The van der Waals surface area contributed by atoms with E-state index in [4.69, 9.17) is 0 Å². The highest BCUT2D eigenvalue weighted by atomic mass is 16.6. The average molecular weight is 189 g/mol. The lowest BCUT2D eigenvalue weighted by Crippen LogP contribution is -2.45. The van der Waals surface area contributed by atoms with E-state index >= 15 is 0 Å². The Bertz CT molecular complexity index is 288. The molecule has 72 valence electrons. The SMILES string of the molecule is CN1N=C([N+](=O)[O-])N(C)C1[N+](=O)[O-]. The first kappa shape index (κ1) is 9.16. The standard InChI is InChI=1S/C4H7N5O4/c1-6-3(8(10)11)5-7(2)4(6)9(12)13/h4H,1-2H3. The number of rotatable bonds is 1. The van der Waals surface area contributed by atoms with Gasteiger partial charge in [-0.3, -0.25) is 10.1 Å². The van der Waals surface area contributed by atoms with Gasteiger partial charge in [0, 0.05) is 12.1 Å². The van der Waals surface area contributed by atoms with E-state index in [1.54, 1.807) is 0 Å². The molecule has 0 bridgehead atoms. The van der Waals surface area contributed by atoms with E-state index in [-0.39, 0.29) is 0 Å². The van der Waals surface area contributed by atoms with Gasteiger partial charge in [-0.05, 0) is 4.92 Å². The van der Waals surface area contributed by atoms with E-state index in [0.717, 1.165) is 9.91 Å². The highest BCUT2D eigenvalue weighted by Crippen LogP contribution is 2.12. The lowest BCUT2D eigenvalue weighted by atomic mass is 10.7. The topological polar surface area (TPSA) is 105 Å². The predicted molar refractivity (Wildman–Crippen MR) is 40.7 cm³/mol. The van der Waals surface area contributed by atoms with Gasteiger partial charge < -0.3 is 10.1 Å². The Morgan fingerprint density at radius 3 is 2.15 bits per heavy atom. The van der Waals surface area contributed by atoms with Crippen LogP contribution < -0.4 is 0 Å². The minimum absolute atomic E-state index is 0.524. The van der Waals surface area contributed by atoms with Gasteiger partial charge in [0.25, 0.3) is 0 Å². The van der Waals surface area contributed by atoms with Crippen molar-refractivity contribution in [2.45, 2.75) is 6.29 Å². The molecule has 0 aromatic carbocycles. The number of hydrogen-bond donors (Lipinski definition) is 0. The molecule has 1 aliphatic heterocycles. The van der Waals surface area contributed by atoms with Gasteiger partial charge in [0.15, 0.2) is 0 Å².